The molecule has 0 radical (unpaired) electrons. The molecule has 0 saturated heterocycles. The summed E-state index contributed by atoms with van der Waals surface area (Å²) < 4.78 is 0. The van der Waals surface area contributed by atoms with Crippen LogP contribution in [-0.2, 0) is 6.54 Å². The predicted octanol–water partition coefficient (Wildman–Crippen LogP) is 13.1. The van der Waals surface area contributed by atoms with Crippen LogP contribution >= 0.6 is 0 Å². The molecule has 7 rings (SSSR count). The fourth-order valence-corrected chi connectivity index (χ4v) is 7.74. The number of fused-ring (bicyclic) bond motifs is 2. The number of hydrogen-bond acceptors (Lipinski definition) is 3. The standard InChI is InChI=1S/C29H29NO.C23H26O/c1-22-10-8-15-26(20-22)29(31)18-19-30(21-24-11-4-3-5-12-24)23(2)27-17-9-14-25-13-6-7-16-28(25)27;1-17-8-5-12-20(16-17)23(24)15-6-9-18(2)21-14-7-11-19-10-3-4-13-22(19)21/h3-17,20,23H,18-19,21H2,1-2H3;3-5,7-8,10-14,16,18,23-24H,6,9,15H2,1-2H3/t23-;18-,23?/m10/s1. The highest BCUT2D eigenvalue weighted by Crippen LogP contribution is 2.31. The molecule has 0 saturated carbocycles. The Kier molecular flexibility index (Phi) is 13.8. The van der Waals surface area contributed by atoms with Crippen LogP contribution in [0.1, 0.15) is 101 Å². The van der Waals surface area contributed by atoms with Crippen LogP contribution in [0, 0.1) is 13.8 Å². The molecule has 0 aliphatic carbocycles. The van der Waals surface area contributed by atoms with Gasteiger partial charge in [0.05, 0.1) is 6.10 Å². The maximum absolute atomic E-state index is 12.9. The number of ketones is 1. The topological polar surface area (TPSA) is 40.5 Å². The summed E-state index contributed by atoms with van der Waals surface area (Å²) in [6.07, 6.45) is 3.09. The third-order valence-electron chi connectivity index (χ3n) is 10.9. The summed E-state index contributed by atoms with van der Waals surface area (Å²) in [5, 5.41) is 15.6. The van der Waals surface area contributed by atoms with Crippen LogP contribution in [0.25, 0.3) is 21.5 Å². The molecule has 0 aromatic heterocycles. The lowest BCUT2D eigenvalue weighted by molar-refractivity contribution is 0.0949. The first-order valence-corrected chi connectivity index (χ1v) is 19.8. The van der Waals surface area contributed by atoms with Crippen molar-refractivity contribution in [1.82, 2.24) is 4.90 Å². The Hall–Kier alpha value is -5.35. The molecule has 55 heavy (non-hydrogen) atoms. The van der Waals surface area contributed by atoms with E-state index in [0.717, 1.165) is 42.5 Å². The monoisotopic (exact) mass is 725 g/mol. The van der Waals surface area contributed by atoms with E-state index in [4.69, 9.17) is 0 Å². The molecular formula is C52H55NO2. The molecular weight excluding hydrogens is 671 g/mol. The molecule has 3 heteroatoms. The van der Waals surface area contributed by atoms with Gasteiger partial charge in [0.2, 0.25) is 0 Å². The van der Waals surface area contributed by atoms with E-state index in [-0.39, 0.29) is 17.9 Å². The second-order valence-corrected chi connectivity index (χ2v) is 15.1. The van der Waals surface area contributed by atoms with Crippen molar-refractivity contribution in [2.24, 2.45) is 0 Å². The zero-order valence-corrected chi connectivity index (χ0v) is 32.9. The Morgan fingerprint density at radius 2 is 1.16 bits per heavy atom. The molecule has 7 aromatic carbocycles. The third-order valence-corrected chi connectivity index (χ3v) is 10.9. The van der Waals surface area contributed by atoms with E-state index in [1.807, 2.05) is 49.4 Å². The lowest BCUT2D eigenvalue weighted by Gasteiger charge is -2.30. The molecule has 1 unspecified atom stereocenters. The number of rotatable bonds is 14. The molecule has 3 atom stereocenters. The minimum absolute atomic E-state index is 0.191. The van der Waals surface area contributed by atoms with E-state index in [0.29, 0.717) is 18.9 Å². The quantitative estimate of drug-likeness (QED) is 0.114. The van der Waals surface area contributed by atoms with Crippen LogP contribution in [0.3, 0.4) is 0 Å². The molecule has 0 heterocycles. The van der Waals surface area contributed by atoms with Gasteiger partial charge in [-0.1, -0.05) is 176 Å². The molecule has 3 nitrogen and oxygen atoms in total. The van der Waals surface area contributed by atoms with E-state index >= 15 is 0 Å². The number of hydrogen-bond donors (Lipinski definition) is 1. The van der Waals surface area contributed by atoms with Gasteiger partial charge < -0.3 is 5.11 Å². The lowest BCUT2D eigenvalue weighted by Crippen LogP contribution is -2.29. The van der Waals surface area contributed by atoms with Gasteiger partial charge in [0.1, 0.15) is 0 Å². The van der Waals surface area contributed by atoms with Gasteiger partial charge in [-0.3, -0.25) is 9.69 Å². The molecule has 280 valence electrons. The van der Waals surface area contributed by atoms with E-state index in [9.17, 15) is 9.90 Å². The summed E-state index contributed by atoms with van der Waals surface area (Å²) in [6.45, 7) is 10.2. The van der Waals surface area contributed by atoms with Gasteiger partial charge in [0.15, 0.2) is 5.78 Å². The average Bonchev–Trinajstić information content (AvgIpc) is 3.22. The second-order valence-electron chi connectivity index (χ2n) is 15.1. The summed E-state index contributed by atoms with van der Waals surface area (Å²) in [4.78, 5) is 15.3. The minimum atomic E-state index is -0.357. The van der Waals surface area contributed by atoms with Crippen molar-refractivity contribution >= 4 is 27.3 Å². The Morgan fingerprint density at radius 1 is 0.600 bits per heavy atom. The van der Waals surface area contributed by atoms with Gasteiger partial charge in [-0.2, -0.15) is 0 Å². The van der Waals surface area contributed by atoms with Gasteiger partial charge in [-0.15, -0.1) is 0 Å². The molecule has 0 aliphatic heterocycles. The number of Topliss-reactive ketones (excluding diaryl/α,β-unsaturated/α-hetero) is 1. The zero-order valence-electron chi connectivity index (χ0n) is 32.9. The average molecular weight is 726 g/mol. The van der Waals surface area contributed by atoms with Crippen LogP contribution in [0.15, 0.2) is 164 Å². The molecule has 0 bridgehead atoms. The highest BCUT2D eigenvalue weighted by atomic mass is 16.3. The zero-order chi connectivity index (χ0) is 38.6. The van der Waals surface area contributed by atoms with Gasteiger partial charge in [-0.05, 0) is 95.8 Å². The maximum atomic E-state index is 12.9. The summed E-state index contributed by atoms with van der Waals surface area (Å²) in [7, 11) is 0. The van der Waals surface area contributed by atoms with Crippen molar-refractivity contribution < 1.29 is 9.90 Å². The summed E-state index contributed by atoms with van der Waals surface area (Å²) >= 11 is 0. The van der Waals surface area contributed by atoms with Crippen molar-refractivity contribution in [2.75, 3.05) is 6.54 Å². The van der Waals surface area contributed by atoms with Crippen LogP contribution in [0.5, 0.6) is 0 Å². The van der Waals surface area contributed by atoms with Crippen molar-refractivity contribution in [3.05, 3.63) is 203 Å². The number of aliphatic hydroxyl groups excluding tert-OH is 1. The van der Waals surface area contributed by atoms with Crippen molar-refractivity contribution in [3.8, 4) is 0 Å². The number of aryl methyl sites for hydroxylation is 2. The maximum Gasteiger partial charge on any atom is 0.164 e. The van der Waals surface area contributed by atoms with Gasteiger partial charge >= 0.3 is 0 Å². The Balaban J connectivity index is 0.000000193. The smallest absolute Gasteiger partial charge is 0.164 e. The van der Waals surface area contributed by atoms with E-state index in [1.165, 1.54) is 43.8 Å². The number of nitrogens with zero attached hydrogens (tertiary/aromatic N) is 1. The Morgan fingerprint density at radius 3 is 1.84 bits per heavy atom. The van der Waals surface area contributed by atoms with Crippen LogP contribution in [0.2, 0.25) is 0 Å². The molecule has 0 aliphatic rings. The van der Waals surface area contributed by atoms with E-state index in [1.54, 1.807) is 0 Å². The Bertz CT molecular complexity index is 2280. The first-order chi connectivity index (χ1) is 26.8. The van der Waals surface area contributed by atoms with Crippen LogP contribution in [-0.4, -0.2) is 22.3 Å². The number of aliphatic hydroxyl groups is 1. The first-order valence-electron chi connectivity index (χ1n) is 19.8. The lowest BCUT2D eigenvalue weighted by atomic mass is 9.90. The molecule has 0 fully saturated rings. The summed E-state index contributed by atoms with van der Waals surface area (Å²) in [5.74, 6) is 0.702. The Labute approximate surface area is 328 Å². The SMILES string of the molecule is Cc1cccc(C(=O)CCN(Cc2ccccc2)[C@H](C)c2cccc3ccccc23)c1.Cc1cccc(C(O)CCC[C@H](C)c2cccc3ccccc23)c1. The fraction of sp³-hybridized carbons (Fsp3) is 0.250. The fourth-order valence-electron chi connectivity index (χ4n) is 7.74. The largest absolute Gasteiger partial charge is 0.388 e. The molecule has 0 amide bonds. The van der Waals surface area contributed by atoms with Crippen molar-refractivity contribution in [3.63, 3.8) is 0 Å². The highest BCUT2D eigenvalue weighted by Gasteiger charge is 2.20. The van der Waals surface area contributed by atoms with Crippen molar-refractivity contribution in [2.45, 2.75) is 78.0 Å². The van der Waals surface area contributed by atoms with Crippen molar-refractivity contribution in [1.29, 1.82) is 0 Å². The summed E-state index contributed by atoms with van der Waals surface area (Å²) in [6, 6.07) is 57.0. The van der Waals surface area contributed by atoms with Gasteiger partial charge in [-0.25, -0.2) is 0 Å². The number of benzene rings is 7. The third kappa shape index (κ3) is 10.7. The predicted molar refractivity (Wildman–Crippen MR) is 232 cm³/mol. The van der Waals surface area contributed by atoms with Crippen LogP contribution < -0.4 is 0 Å². The molecule has 1 N–H and O–H groups in total. The first kappa shape index (κ1) is 39.3. The highest BCUT2D eigenvalue weighted by molar-refractivity contribution is 5.96. The molecule has 0 spiro atoms. The van der Waals surface area contributed by atoms with Gasteiger partial charge in [0.25, 0.3) is 0 Å². The van der Waals surface area contributed by atoms with E-state index < -0.39 is 0 Å². The molecule has 7 aromatic rings. The number of carbonyl (C=O) groups excluding carboxylic acids is 1. The normalized spacial score (nSPS) is 12.9. The second kappa shape index (κ2) is 19.3. The minimum Gasteiger partial charge on any atom is -0.388 e. The van der Waals surface area contributed by atoms with Crippen LogP contribution in [0.4, 0.5) is 0 Å². The summed E-state index contributed by atoms with van der Waals surface area (Å²) in [5.41, 5.74) is 8.14. The number of carbonyl (C=O) groups is 1. The van der Waals surface area contributed by atoms with Gasteiger partial charge in [0, 0.05) is 31.1 Å². The van der Waals surface area contributed by atoms with E-state index in [2.05, 4.69) is 147 Å².